The molecule has 0 saturated carbocycles. The van der Waals surface area contributed by atoms with Crippen molar-refractivity contribution in [1.29, 1.82) is 0 Å². The molecule has 2 aromatic rings. The minimum absolute atomic E-state index is 0.228. The van der Waals surface area contributed by atoms with Gasteiger partial charge < -0.3 is 19.1 Å². The Bertz CT molecular complexity index is 707. The fourth-order valence-corrected chi connectivity index (χ4v) is 3.32. The molecule has 0 radical (unpaired) electrons. The van der Waals surface area contributed by atoms with E-state index in [-0.39, 0.29) is 6.04 Å². The van der Waals surface area contributed by atoms with E-state index in [1.54, 1.807) is 13.4 Å². The molecule has 3 heterocycles. The summed E-state index contributed by atoms with van der Waals surface area (Å²) in [5.41, 5.74) is 1.16. The Kier molecular flexibility index (Phi) is 3.65. The molecule has 120 valence electrons. The van der Waals surface area contributed by atoms with Crippen molar-refractivity contribution < 1.29 is 14.2 Å². The van der Waals surface area contributed by atoms with Crippen LogP contribution in [0.4, 0.5) is 5.82 Å². The molecular weight excluding hydrogens is 294 g/mol. The summed E-state index contributed by atoms with van der Waals surface area (Å²) in [7, 11) is 1.62. The monoisotopic (exact) mass is 313 g/mol. The van der Waals surface area contributed by atoms with E-state index in [0.29, 0.717) is 19.1 Å². The lowest BCUT2D eigenvalue weighted by molar-refractivity contribution is 0.169. The summed E-state index contributed by atoms with van der Waals surface area (Å²) in [6, 6.07) is 8.22. The highest BCUT2D eigenvalue weighted by Crippen LogP contribution is 2.44. The highest BCUT2D eigenvalue weighted by atomic mass is 16.6. The molecule has 0 spiro atoms. The first-order valence-corrected chi connectivity index (χ1v) is 7.88. The van der Waals surface area contributed by atoms with Crippen LogP contribution in [-0.2, 0) is 0 Å². The molecule has 1 saturated heterocycles. The Morgan fingerprint density at radius 3 is 3.04 bits per heavy atom. The van der Waals surface area contributed by atoms with Crippen LogP contribution in [0.2, 0.25) is 0 Å². The van der Waals surface area contributed by atoms with Crippen LogP contribution in [0.25, 0.3) is 0 Å². The SMILES string of the molecule is COc1cc(N2CCCC2c2cccc3c2OCCO3)ncn1. The largest absolute Gasteiger partial charge is 0.486 e. The number of rotatable bonds is 3. The molecule has 2 aliphatic heterocycles. The quantitative estimate of drug-likeness (QED) is 0.868. The average Bonchev–Trinajstić information content (AvgIpc) is 3.11. The molecule has 1 aromatic heterocycles. The molecular formula is C17H19N3O3. The van der Waals surface area contributed by atoms with Crippen LogP contribution in [0.15, 0.2) is 30.6 Å². The van der Waals surface area contributed by atoms with Gasteiger partial charge in [0, 0.05) is 18.2 Å². The van der Waals surface area contributed by atoms with Crippen molar-refractivity contribution in [2.45, 2.75) is 18.9 Å². The van der Waals surface area contributed by atoms with Crippen molar-refractivity contribution >= 4 is 5.82 Å². The van der Waals surface area contributed by atoms with Crippen LogP contribution in [0.3, 0.4) is 0 Å². The van der Waals surface area contributed by atoms with E-state index in [4.69, 9.17) is 14.2 Å². The van der Waals surface area contributed by atoms with Gasteiger partial charge in [0.2, 0.25) is 5.88 Å². The smallest absolute Gasteiger partial charge is 0.218 e. The molecule has 0 aliphatic carbocycles. The number of benzene rings is 1. The van der Waals surface area contributed by atoms with Gasteiger partial charge in [-0.1, -0.05) is 12.1 Å². The molecule has 6 heteroatoms. The Labute approximate surface area is 135 Å². The van der Waals surface area contributed by atoms with E-state index in [1.165, 1.54) is 0 Å². The highest BCUT2D eigenvalue weighted by Gasteiger charge is 2.31. The van der Waals surface area contributed by atoms with Crippen LogP contribution >= 0.6 is 0 Å². The number of ether oxygens (including phenoxy) is 3. The molecule has 1 aromatic carbocycles. The highest BCUT2D eigenvalue weighted by molar-refractivity contribution is 5.53. The summed E-state index contributed by atoms with van der Waals surface area (Å²) < 4.78 is 16.8. The van der Waals surface area contributed by atoms with Crippen LogP contribution in [-0.4, -0.2) is 36.8 Å². The number of para-hydroxylation sites is 1. The number of aromatic nitrogens is 2. The molecule has 23 heavy (non-hydrogen) atoms. The Morgan fingerprint density at radius 2 is 2.13 bits per heavy atom. The topological polar surface area (TPSA) is 56.7 Å². The maximum absolute atomic E-state index is 5.89. The van der Waals surface area contributed by atoms with Gasteiger partial charge in [-0.05, 0) is 18.9 Å². The van der Waals surface area contributed by atoms with Gasteiger partial charge in [0.05, 0.1) is 13.2 Å². The third-order valence-electron chi connectivity index (χ3n) is 4.34. The Hall–Kier alpha value is -2.50. The van der Waals surface area contributed by atoms with Crippen molar-refractivity contribution in [2.24, 2.45) is 0 Å². The van der Waals surface area contributed by atoms with Crippen LogP contribution in [0.5, 0.6) is 17.4 Å². The van der Waals surface area contributed by atoms with E-state index < -0.39 is 0 Å². The van der Waals surface area contributed by atoms with Crippen molar-refractivity contribution in [3.8, 4) is 17.4 Å². The van der Waals surface area contributed by atoms with E-state index in [1.807, 2.05) is 18.2 Å². The van der Waals surface area contributed by atoms with Gasteiger partial charge in [-0.15, -0.1) is 0 Å². The number of nitrogens with zero attached hydrogens (tertiary/aromatic N) is 3. The Balaban J connectivity index is 1.71. The molecule has 2 aliphatic rings. The van der Waals surface area contributed by atoms with Gasteiger partial charge in [0.25, 0.3) is 0 Å². The zero-order valence-electron chi connectivity index (χ0n) is 13.1. The normalized spacial score (nSPS) is 19.7. The molecule has 4 rings (SSSR count). The van der Waals surface area contributed by atoms with Crippen LogP contribution in [0.1, 0.15) is 24.4 Å². The van der Waals surface area contributed by atoms with E-state index in [9.17, 15) is 0 Å². The zero-order valence-corrected chi connectivity index (χ0v) is 13.1. The maximum Gasteiger partial charge on any atom is 0.218 e. The van der Waals surface area contributed by atoms with Crippen molar-refractivity contribution in [3.05, 3.63) is 36.2 Å². The predicted octanol–water partition coefficient (Wildman–Crippen LogP) is 2.60. The zero-order chi connectivity index (χ0) is 15.6. The van der Waals surface area contributed by atoms with E-state index >= 15 is 0 Å². The fraction of sp³-hybridized carbons (Fsp3) is 0.412. The first kappa shape index (κ1) is 14.1. The maximum atomic E-state index is 5.89. The van der Waals surface area contributed by atoms with Crippen molar-refractivity contribution in [2.75, 3.05) is 31.8 Å². The van der Waals surface area contributed by atoms with Gasteiger partial charge in [-0.3, -0.25) is 0 Å². The van der Waals surface area contributed by atoms with Gasteiger partial charge in [0.15, 0.2) is 11.5 Å². The third kappa shape index (κ3) is 2.54. The predicted molar refractivity (Wildman–Crippen MR) is 85.3 cm³/mol. The second-order valence-electron chi connectivity index (χ2n) is 5.64. The number of fused-ring (bicyclic) bond motifs is 1. The summed E-state index contributed by atoms with van der Waals surface area (Å²) in [6.45, 7) is 2.15. The summed E-state index contributed by atoms with van der Waals surface area (Å²) in [5, 5.41) is 0. The summed E-state index contributed by atoms with van der Waals surface area (Å²) in [4.78, 5) is 10.8. The van der Waals surface area contributed by atoms with Gasteiger partial charge in [-0.2, -0.15) is 0 Å². The Morgan fingerprint density at radius 1 is 1.22 bits per heavy atom. The second-order valence-corrected chi connectivity index (χ2v) is 5.64. The van der Waals surface area contributed by atoms with Crippen LogP contribution < -0.4 is 19.1 Å². The van der Waals surface area contributed by atoms with Crippen LogP contribution in [0, 0.1) is 0 Å². The number of hydrogen-bond donors (Lipinski definition) is 0. The van der Waals surface area contributed by atoms with Crippen molar-refractivity contribution in [1.82, 2.24) is 9.97 Å². The average molecular weight is 313 g/mol. The lowest BCUT2D eigenvalue weighted by Crippen LogP contribution is -2.25. The molecule has 1 atom stereocenters. The third-order valence-corrected chi connectivity index (χ3v) is 4.34. The molecule has 0 bridgehead atoms. The first-order chi connectivity index (χ1) is 11.4. The van der Waals surface area contributed by atoms with Crippen molar-refractivity contribution in [3.63, 3.8) is 0 Å². The lowest BCUT2D eigenvalue weighted by atomic mass is 10.0. The molecule has 1 unspecified atom stereocenters. The summed E-state index contributed by atoms with van der Waals surface area (Å²) in [6.07, 6.45) is 3.72. The minimum atomic E-state index is 0.228. The number of hydrogen-bond acceptors (Lipinski definition) is 6. The molecule has 0 amide bonds. The molecule has 6 nitrogen and oxygen atoms in total. The van der Waals surface area contributed by atoms with Gasteiger partial charge in [-0.25, -0.2) is 9.97 Å². The molecule has 0 N–H and O–H groups in total. The molecule has 1 fully saturated rings. The number of anilines is 1. The standard InChI is InChI=1S/C17H19N3O3/c1-21-16-10-15(18-11-19-16)20-7-3-5-13(20)12-4-2-6-14-17(12)23-9-8-22-14/h2,4,6,10-11,13H,3,5,7-9H2,1H3. The summed E-state index contributed by atoms with van der Waals surface area (Å²) in [5.74, 6) is 3.17. The van der Waals surface area contributed by atoms with Gasteiger partial charge >= 0.3 is 0 Å². The minimum Gasteiger partial charge on any atom is -0.486 e. The lowest BCUT2D eigenvalue weighted by Gasteiger charge is -2.29. The van der Waals surface area contributed by atoms with E-state index in [0.717, 1.165) is 42.3 Å². The fourth-order valence-electron chi connectivity index (χ4n) is 3.32. The summed E-state index contributed by atoms with van der Waals surface area (Å²) >= 11 is 0. The van der Waals surface area contributed by atoms with E-state index in [2.05, 4.69) is 20.9 Å². The number of methoxy groups -OCH3 is 1. The first-order valence-electron chi connectivity index (χ1n) is 7.88. The second kappa shape index (κ2) is 5.95. The van der Waals surface area contributed by atoms with Gasteiger partial charge in [0.1, 0.15) is 25.4 Å².